The number of imidazole rings is 1. The number of halogens is 1. The van der Waals surface area contributed by atoms with Crippen LogP contribution in [0.2, 0.25) is 0 Å². The Labute approximate surface area is 131 Å². The van der Waals surface area contributed by atoms with Crippen molar-refractivity contribution in [3.63, 3.8) is 0 Å². The third kappa shape index (κ3) is 2.72. The molecule has 3 rings (SSSR count). The topological polar surface area (TPSA) is 43.0 Å². The molecule has 0 fully saturated rings. The van der Waals surface area contributed by atoms with E-state index in [0.717, 1.165) is 17.3 Å². The number of anilines is 1. The molecule has 0 aliphatic rings. The zero-order valence-electron chi connectivity index (χ0n) is 11.0. The molecule has 4 nitrogen and oxygen atoms in total. The lowest BCUT2D eigenvalue weighted by Gasteiger charge is -2.18. The van der Waals surface area contributed by atoms with Crippen LogP contribution in [0.15, 0.2) is 59.5 Å². The molecule has 5 heteroatoms. The van der Waals surface area contributed by atoms with Gasteiger partial charge in [0.2, 0.25) is 0 Å². The third-order valence-electron chi connectivity index (χ3n) is 3.08. The third-order valence-corrected chi connectivity index (χ3v) is 3.75. The first-order valence-electron chi connectivity index (χ1n) is 6.27. The molecule has 2 aromatic heterocycles. The van der Waals surface area contributed by atoms with Crippen LogP contribution in [-0.4, -0.2) is 9.55 Å². The Morgan fingerprint density at radius 2 is 2.20 bits per heavy atom. The van der Waals surface area contributed by atoms with Crippen molar-refractivity contribution in [2.24, 2.45) is 7.05 Å². The van der Waals surface area contributed by atoms with Gasteiger partial charge >= 0.3 is 0 Å². The lowest BCUT2D eigenvalue weighted by molar-refractivity contribution is 0.488. The Bertz CT molecular complexity index is 691. The van der Waals surface area contributed by atoms with Crippen molar-refractivity contribution < 1.29 is 4.42 Å². The van der Waals surface area contributed by atoms with E-state index < -0.39 is 0 Å². The second-order valence-corrected chi connectivity index (χ2v) is 5.75. The Kier molecular flexibility index (Phi) is 3.77. The summed E-state index contributed by atoms with van der Waals surface area (Å²) in [4.78, 5) is 4.43. The summed E-state index contributed by atoms with van der Waals surface area (Å²) < 4.78 is 8.74. The zero-order chi connectivity index (χ0) is 13.9. The molecule has 1 unspecified atom stereocenters. The first-order valence-corrected chi connectivity index (χ1v) is 7.34. The fourth-order valence-corrected chi connectivity index (χ4v) is 2.66. The molecule has 0 saturated heterocycles. The van der Waals surface area contributed by atoms with Crippen molar-refractivity contribution in [2.75, 3.05) is 5.32 Å². The Hall–Kier alpha value is -1.76. The largest absolute Gasteiger partial charge is 0.467 e. The van der Waals surface area contributed by atoms with Crippen LogP contribution in [0.5, 0.6) is 0 Å². The standard InChI is InChI=1S/C15H14IN3O/c1-19-8-7-17-15(19)14(13-6-3-9-20-13)18-12-5-2-4-11(16)10-12/h2-10,14,18H,1H3. The Balaban J connectivity index is 1.97. The number of rotatable bonds is 4. The molecule has 0 radical (unpaired) electrons. The van der Waals surface area contributed by atoms with Crippen LogP contribution in [0.4, 0.5) is 5.69 Å². The maximum Gasteiger partial charge on any atom is 0.143 e. The molecule has 0 amide bonds. The van der Waals surface area contributed by atoms with Crippen molar-refractivity contribution in [2.45, 2.75) is 6.04 Å². The highest BCUT2D eigenvalue weighted by molar-refractivity contribution is 14.1. The summed E-state index contributed by atoms with van der Waals surface area (Å²) in [6.45, 7) is 0. The van der Waals surface area contributed by atoms with E-state index in [1.807, 2.05) is 42.1 Å². The molecule has 1 N–H and O–H groups in total. The predicted molar refractivity (Wildman–Crippen MR) is 86.5 cm³/mol. The number of furan rings is 1. The molecule has 1 atom stereocenters. The predicted octanol–water partition coefficient (Wildman–Crippen LogP) is 3.82. The van der Waals surface area contributed by atoms with E-state index in [1.165, 1.54) is 3.57 Å². The second kappa shape index (κ2) is 5.70. The monoisotopic (exact) mass is 379 g/mol. The number of aryl methyl sites for hydroxylation is 1. The van der Waals surface area contributed by atoms with Gasteiger partial charge in [-0.1, -0.05) is 6.07 Å². The van der Waals surface area contributed by atoms with Crippen LogP contribution in [0.25, 0.3) is 0 Å². The van der Waals surface area contributed by atoms with E-state index in [-0.39, 0.29) is 6.04 Å². The van der Waals surface area contributed by atoms with Crippen molar-refractivity contribution in [3.8, 4) is 0 Å². The molecule has 20 heavy (non-hydrogen) atoms. The van der Waals surface area contributed by atoms with E-state index in [4.69, 9.17) is 4.42 Å². The Morgan fingerprint density at radius 3 is 2.85 bits per heavy atom. The lowest BCUT2D eigenvalue weighted by atomic mass is 10.2. The summed E-state index contributed by atoms with van der Waals surface area (Å²) in [7, 11) is 1.98. The van der Waals surface area contributed by atoms with E-state index in [1.54, 1.807) is 12.5 Å². The summed E-state index contributed by atoms with van der Waals surface area (Å²) >= 11 is 2.30. The zero-order valence-corrected chi connectivity index (χ0v) is 13.1. The summed E-state index contributed by atoms with van der Waals surface area (Å²) in [6.07, 6.45) is 5.41. The highest BCUT2D eigenvalue weighted by atomic mass is 127. The summed E-state index contributed by atoms with van der Waals surface area (Å²) in [5, 5.41) is 3.48. The molecule has 1 aromatic carbocycles. The second-order valence-electron chi connectivity index (χ2n) is 4.50. The maximum atomic E-state index is 5.56. The van der Waals surface area contributed by atoms with Gasteiger partial charge in [0.1, 0.15) is 17.6 Å². The molecule has 0 bridgehead atoms. The van der Waals surface area contributed by atoms with E-state index in [2.05, 4.69) is 45.0 Å². The van der Waals surface area contributed by atoms with Crippen molar-refractivity contribution in [1.29, 1.82) is 0 Å². The number of hydrogen-bond donors (Lipinski definition) is 1. The summed E-state index contributed by atoms with van der Waals surface area (Å²) in [6, 6.07) is 12.0. The number of hydrogen-bond acceptors (Lipinski definition) is 3. The van der Waals surface area contributed by atoms with Crippen LogP contribution in [0.1, 0.15) is 17.6 Å². The van der Waals surface area contributed by atoms with E-state index >= 15 is 0 Å². The van der Waals surface area contributed by atoms with Crippen LogP contribution in [-0.2, 0) is 7.05 Å². The molecular formula is C15H14IN3O. The minimum absolute atomic E-state index is 0.108. The first-order chi connectivity index (χ1) is 9.74. The molecular weight excluding hydrogens is 365 g/mol. The van der Waals surface area contributed by atoms with Crippen molar-refractivity contribution in [3.05, 3.63) is 70.2 Å². The van der Waals surface area contributed by atoms with Gasteiger partial charge < -0.3 is 14.3 Å². The summed E-state index contributed by atoms with van der Waals surface area (Å²) in [5.41, 5.74) is 1.04. The minimum atomic E-state index is -0.108. The van der Waals surface area contributed by atoms with Crippen LogP contribution in [0.3, 0.4) is 0 Å². The quantitative estimate of drug-likeness (QED) is 0.701. The SMILES string of the molecule is Cn1ccnc1C(Nc1cccc(I)c1)c1ccco1. The van der Waals surface area contributed by atoms with E-state index in [0.29, 0.717) is 0 Å². The highest BCUT2D eigenvalue weighted by Crippen LogP contribution is 2.26. The molecule has 0 spiro atoms. The average molecular weight is 379 g/mol. The lowest BCUT2D eigenvalue weighted by Crippen LogP contribution is -2.16. The van der Waals surface area contributed by atoms with Crippen LogP contribution >= 0.6 is 22.6 Å². The van der Waals surface area contributed by atoms with Gasteiger partial charge in [0.25, 0.3) is 0 Å². The van der Waals surface area contributed by atoms with Gasteiger partial charge in [-0.05, 0) is 52.9 Å². The maximum absolute atomic E-state index is 5.56. The van der Waals surface area contributed by atoms with Gasteiger partial charge in [0.05, 0.1) is 6.26 Å². The number of nitrogens with zero attached hydrogens (tertiary/aromatic N) is 2. The average Bonchev–Trinajstić information content (AvgIpc) is 3.07. The Morgan fingerprint density at radius 1 is 1.30 bits per heavy atom. The molecule has 0 saturated carbocycles. The smallest absolute Gasteiger partial charge is 0.143 e. The van der Waals surface area contributed by atoms with Gasteiger partial charge in [-0.25, -0.2) is 4.98 Å². The highest BCUT2D eigenvalue weighted by Gasteiger charge is 2.20. The van der Waals surface area contributed by atoms with Crippen molar-refractivity contribution >= 4 is 28.3 Å². The molecule has 102 valence electrons. The molecule has 2 heterocycles. The van der Waals surface area contributed by atoms with Gasteiger partial charge in [-0.15, -0.1) is 0 Å². The fraction of sp³-hybridized carbons (Fsp3) is 0.133. The van der Waals surface area contributed by atoms with Gasteiger partial charge in [0.15, 0.2) is 0 Å². The fourth-order valence-electron chi connectivity index (χ4n) is 2.12. The molecule has 0 aliphatic carbocycles. The number of benzene rings is 1. The number of aromatic nitrogens is 2. The first kappa shape index (κ1) is 13.2. The normalized spacial score (nSPS) is 12.3. The van der Waals surface area contributed by atoms with Crippen LogP contribution in [0, 0.1) is 3.57 Å². The van der Waals surface area contributed by atoms with Crippen LogP contribution < -0.4 is 5.32 Å². The minimum Gasteiger partial charge on any atom is -0.467 e. The molecule has 0 aliphatic heterocycles. The van der Waals surface area contributed by atoms with Crippen molar-refractivity contribution in [1.82, 2.24) is 9.55 Å². The molecule has 3 aromatic rings. The number of nitrogens with one attached hydrogen (secondary N) is 1. The van der Waals surface area contributed by atoms with E-state index in [9.17, 15) is 0 Å². The van der Waals surface area contributed by atoms with Gasteiger partial charge in [0, 0.05) is 28.7 Å². The van der Waals surface area contributed by atoms with Gasteiger partial charge in [-0.3, -0.25) is 0 Å². The van der Waals surface area contributed by atoms with Gasteiger partial charge in [-0.2, -0.15) is 0 Å². The summed E-state index contributed by atoms with van der Waals surface area (Å²) in [5.74, 6) is 1.76.